The van der Waals surface area contributed by atoms with E-state index in [1.165, 1.54) is 31.1 Å². The highest BCUT2D eigenvalue weighted by Gasteiger charge is 2.01. The van der Waals surface area contributed by atoms with Crippen molar-refractivity contribution in [2.75, 3.05) is 51.1 Å². The molecule has 6 N–H and O–H groups in total. The van der Waals surface area contributed by atoms with E-state index >= 15 is 0 Å². The van der Waals surface area contributed by atoms with E-state index < -0.39 is 0 Å². The van der Waals surface area contributed by atoms with Crippen molar-refractivity contribution in [3.05, 3.63) is 91.8 Å². The Bertz CT molecular complexity index is 900. The normalized spacial score (nSPS) is 8.51. The molecule has 0 aliphatic heterocycles. The predicted octanol–water partition coefficient (Wildman–Crippen LogP) is 8.51. The summed E-state index contributed by atoms with van der Waals surface area (Å²) in [4.78, 5) is 10.2. The molecule has 1 aromatic carbocycles. The fraction of sp³-hybridized carbons (Fsp3) is 0.526. The summed E-state index contributed by atoms with van der Waals surface area (Å²) in [6.07, 6.45) is 14.2. The Hall–Kier alpha value is -3.79. The van der Waals surface area contributed by atoms with Gasteiger partial charge in [0.15, 0.2) is 0 Å². The molecular formula is C38H70N6O2S. The minimum absolute atomic E-state index is 0.188. The lowest BCUT2D eigenvalue weighted by Crippen LogP contribution is -2.26. The number of nitrogens with zero attached hydrogens (tertiary/aromatic N) is 1. The van der Waals surface area contributed by atoms with Crippen LogP contribution in [-0.4, -0.2) is 63.3 Å². The highest BCUT2D eigenvalue weighted by molar-refractivity contribution is 7.98. The number of unbranched alkanes of at least 4 members (excludes halogenated alkanes) is 2. The number of nitriles is 1. The number of hydrogen-bond donors (Lipinski definition) is 6. The van der Waals surface area contributed by atoms with Gasteiger partial charge in [0.05, 0.1) is 11.9 Å². The quantitative estimate of drug-likeness (QED) is 0.0301. The Morgan fingerprint density at radius 1 is 1.06 bits per heavy atom. The fourth-order valence-electron chi connectivity index (χ4n) is 2.69. The zero-order chi connectivity index (χ0) is 37.4. The predicted molar refractivity (Wildman–Crippen MR) is 213 cm³/mol. The minimum atomic E-state index is 0.188. The van der Waals surface area contributed by atoms with E-state index in [4.69, 9.17) is 10.4 Å². The lowest BCUT2D eigenvalue weighted by molar-refractivity contribution is -0.110. The van der Waals surface area contributed by atoms with E-state index in [-0.39, 0.29) is 6.04 Å². The van der Waals surface area contributed by atoms with Crippen LogP contribution in [0.15, 0.2) is 86.3 Å². The van der Waals surface area contributed by atoms with E-state index in [0.29, 0.717) is 0 Å². The summed E-state index contributed by atoms with van der Waals surface area (Å²) in [5.41, 5.74) is 7.19. The van der Waals surface area contributed by atoms with E-state index in [1.807, 2.05) is 70.9 Å². The van der Waals surface area contributed by atoms with Gasteiger partial charge in [-0.1, -0.05) is 71.4 Å². The Morgan fingerprint density at radius 2 is 1.64 bits per heavy atom. The lowest BCUT2D eigenvalue weighted by atomic mass is 10.1. The Morgan fingerprint density at radius 3 is 1.98 bits per heavy atom. The van der Waals surface area contributed by atoms with Crippen LogP contribution >= 0.6 is 11.8 Å². The molecule has 1 atom stereocenters. The van der Waals surface area contributed by atoms with Crippen LogP contribution in [0, 0.1) is 11.3 Å². The van der Waals surface area contributed by atoms with Gasteiger partial charge in [0, 0.05) is 39.3 Å². The molecule has 0 radical (unpaired) electrons. The first kappa shape index (κ1) is 55.6. The molecule has 1 amide bonds. The van der Waals surface area contributed by atoms with Crippen molar-refractivity contribution in [1.29, 1.82) is 5.26 Å². The zero-order valence-electron chi connectivity index (χ0n) is 31.3. The molecule has 8 nitrogen and oxygen atoms in total. The maximum Gasteiger partial charge on any atom is 0.207 e. The standard InChI is InChI=1S/C11H16N2O.C10H18N2.C5H13N.C5H10S.C3H4O.C2H3N.C2H6/c1-9(13-8-14)7-10-3-5-11(12-2)6-4-10;1-4-5-6-7-8-9-12-10(2)11-3;1-3-5-6-4-2;1-3-4-5-6-2;1-2-3-4;1-2-3;1-2/h3-6,8-9,12H,7H2,1-2H3,(H,13,14);5,11-12H,1-2,6-9H2,3H3;6H,3-5H2,1-2H3;3H,1,4-5H2,2H3;3-4H,1H2;1H3;1-2H3. The summed E-state index contributed by atoms with van der Waals surface area (Å²) in [5, 5.41) is 30.0. The molecule has 9 heteroatoms. The second-order valence-corrected chi connectivity index (χ2v) is 9.86. The van der Waals surface area contributed by atoms with Crippen molar-refractivity contribution >= 4 is 23.9 Å². The second kappa shape index (κ2) is 57.8. The van der Waals surface area contributed by atoms with Crippen molar-refractivity contribution in [1.82, 2.24) is 21.3 Å². The summed E-state index contributed by atoms with van der Waals surface area (Å²) in [5.74, 6) is 2.10. The van der Waals surface area contributed by atoms with Crippen LogP contribution in [0.25, 0.3) is 0 Å². The first-order valence-electron chi connectivity index (χ1n) is 16.2. The summed E-state index contributed by atoms with van der Waals surface area (Å²) >= 11 is 1.85. The molecule has 1 unspecified atom stereocenters. The molecule has 0 saturated heterocycles. The van der Waals surface area contributed by atoms with Gasteiger partial charge in [0.1, 0.15) is 6.26 Å². The minimum Gasteiger partial charge on any atom is -0.507 e. The number of rotatable bonds is 18. The monoisotopic (exact) mass is 675 g/mol. The van der Waals surface area contributed by atoms with E-state index in [0.717, 1.165) is 69.5 Å². The zero-order valence-corrected chi connectivity index (χ0v) is 32.1. The van der Waals surface area contributed by atoms with Gasteiger partial charge in [-0.15, -0.1) is 12.3 Å². The maximum atomic E-state index is 10.2. The van der Waals surface area contributed by atoms with Gasteiger partial charge in [-0.2, -0.15) is 17.0 Å². The Kier molecular flexibility index (Phi) is 68.4. The number of hydrogen-bond acceptors (Lipinski definition) is 8. The van der Waals surface area contributed by atoms with Gasteiger partial charge < -0.3 is 31.7 Å². The van der Waals surface area contributed by atoms with E-state index in [9.17, 15) is 4.79 Å². The fourth-order valence-corrected chi connectivity index (χ4v) is 3.09. The molecule has 0 aliphatic rings. The number of benzene rings is 1. The van der Waals surface area contributed by atoms with E-state index in [1.54, 1.807) is 6.07 Å². The number of anilines is 1. The SMILES string of the molecule is C=C=CCCCCNC(=C)NC.C=C=CO.C=CCCSC.CC.CC#N.CCCNCC.CNc1ccc(CC(C)NC=O)cc1. The van der Waals surface area contributed by atoms with Crippen LogP contribution in [0.1, 0.15) is 79.2 Å². The molecule has 0 aromatic heterocycles. The third-order valence-corrected chi connectivity index (χ3v) is 5.63. The van der Waals surface area contributed by atoms with E-state index in [2.05, 4.69) is 96.6 Å². The van der Waals surface area contributed by atoms with Gasteiger partial charge in [-0.05, 0) is 94.3 Å². The number of aliphatic hydroxyl groups excluding tert-OH is 1. The summed E-state index contributed by atoms with van der Waals surface area (Å²) in [6.45, 7) is 28.8. The van der Waals surface area contributed by atoms with Crippen molar-refractivity contribution in [2.45, 2.75) is 86.1 Å². The average molecular weight is 675 g/mol. The molecule has 1 rings (SSSR count). The molecule has 0 heterocycles. The first-order valence-corrected chi connectivity index (χ1v) is 17.6. The highest BCUT2D eigenvalue weighted by atomic mass is 32.2. The van der Waals surface area contributed by atoms with Crippen LogP contribution in [0.2, 0.25) is 0 Å². The highest BCUT2D eigenvalue weighted by Crippen LogP contribution is 2.10. The van der Waals surface area contributed by atoms with Crippen LogP contribution in [0.5, 0.6) is 0 Å². The third kappa shape index (κ3) is 65.8. The van der Waals surface area contributed by atoms with Gasteiger partial charge in [-0.3, -0.25) is 4.79 Å². The number of allylic oxidation sites excluding steroid dienone is 2. The average Bonchev–Trinajstić information content (AvgIpc) is 3.10. The number of carbonyl (C=O) groups excluding carboxylic acids is 1. The molecule has 0 bridgehead atoms. The van der Waals surface area contributed by atoms with Crippen molar-refractivity contribution < 1.29 is 9.90 Å². The molecule has 47 heavy (non-hydrogen) atoms. The smallest absolute Gasteiger partial charge is 0.207 e. The molecule has 0 aliphatic carbocycles. The first-order chi connectivity index (χ1) is 22.7. The second-order valence-electron chi connectivity index (χ2n) is 8.88. The molecule has 270 valence electrons. The molecule has 1 aromatic rings. The van der Waals surface area contributed by atoms with Crippen molar-refractivity contribution in [3.63, 3.8) is 0 Å². The topological polar surface area (TPSA) is 121 Å². The molecule has 0 fully saturated rings. The van der Waals surface area contributed by atoms with Crippen LogP contribution < -0.4 is 26.6 Å². The number of amides is 1. The van der Waals surface area contributed by atoms with Crippen molar-refractivity contribution in [2.24, 2.45) is 0 Å². The van der Waals surface area contributed by atoms with Crippen molar-refractivity contribution in [3.8, 4) is 6.07 Å². The largest absolute Gasteiger partial charge is 0.507 e. The third-order valence-electron chi connectivity index (χ3n) is 4.99. The number of thioether (sulfide) groups is 1. The maximum absolute atomic E-state index is 10.2. The van der Waals surface area contributed by atoms with Crippen LogP contribution in [0.3, 0.4) is 0 Å². The van der Waals surface area contributed by atoms with Gasteiger partial charge >= 0.3 is 0 Å². The Balaban J connectivity index is -0.000000115. The summed E-state index contributed by atoms with van der Waals surface area (Å²) in [7, 11) is 3.75. The van der Waals surface area contributed by atoms with Gasteiger partial charge in [-0.25, -0.2) is 0 Å². The number of carbonyl (C=O) groups is 1. The van der Waals surface area contributed by atoms with Crippen LogP contribution in [-0.2, 0) is 11.2 Å². The van der Waals surface area contributed by atoms with Gasteiger partial charge in [0.25, 0.3) is 0 Å². The Labute approximate surface area is 294 Å². The molecule has 0 spiro atoms. The molecular weight excluding hydrogens is 605 g/mol. The summed E-state index contributed by atoms with van der Waals surface area (Å²) in [6, 6.07) is 10.1. The molecule has 0 saturated carbocycles. The lowest BCUT2D eigenvalue weighted by Gasteiger charge is -2.10. The van der Waals surface area contributed by atoms with Gasteiger partial charge in [0.2, 0.25) is 6.41 Å². The number of aliphatic hydroxyl groups is 1. The van der Waals surface area contributed by atoms with Crippen LogP contribution in [0.4, 0.5) is 5.69 Å². The number of nitrogens with one attached hydrogen (secondary N) is 5. The summed E-state index contributed by atoms with van der Waals surface area (Å²) < 4.78 is 0.